The summed E-state index contributed by atoms with van der Waals surface area (Å²) in [7, 11) is 3.62. The van der Waals surface area contributed by atoms with Crippen LogP contribution in [0.2, 0.25) is 0 Å². The first-order chi connectivity index (χ1) is 9.69. The van der Waals surface area contributed by atoms with Gasteiger partial charge in [0, 0.05) is 19.6 Å². The smallest absolute Gasteiger partial charge is 0.216 e. The van der Waals surface area contributed by atoms with Crippen LogP contribution in [0.25, 0.3) is 0 Å². The number of rotatable bonds is 4. The molecule has 1 heterocycles. The monoisotopic (exact) mass is 271 g/mol. The average molecular weight is 271 g/mol. The minimum Gasteiger partial charge on any atom is -0.481 e. The lowest BCUT2D eigenvalue weighted by atomic mass is 10.1. The summed E-state index contributed by atoms with van der Waals surface area (Å²) in [6, 6.07) is 9.21. The fourth-order valence-electron chi connectivity index (χ4n) is 3.09. The van der Waals surface area contributed by atoms with E-state index in [0.29, 0.717) is 6.04 Å². The fraction of sp³-hybridized carbons (Fsp3) is 0.438. The predicted octanol–water partition coefficient (Wildman–Crippen LogP) is 1.99. The summed E-state index contributed by atoms with van der Waals surface area (Å²) >= 11 is 0. The summed E-state index contributed by atoms with van der Waals surface area (Å²) in [6.07, 6.45) is 2.22. The van der Waals surface area contributed by atoms with Gasteiger partial charge in [0.1, 0.15) is 0 Å². The van der Waals surface area contributed by atoms with E-state index in [9.17, 15) is 0 Å². The van der Waals surface area contributed by atoms with Crippen LogP contribution in [0.15, 0.2) is 24.3 Å². The van der Waals surface area contributed by atoms with E-state index in [0.717, 1.165) is 36.5 Å². The highest BCUT2D eigenvalue weighted by Crippen LogP contribution is 2.24. The number of nitrogens with zero attached hydrogens (tertiary/aromatic N) is 2. The summed E-state index contributed by atoms with van der Waals surface area (Å²) < 4.78 is 7.24. The molecular formula is C16H21N3O. The third kappa shape index (κ3) is 2.31. The van der Waals surface area contributed by atoms with Gasteiger partial charge in [-0.2, -0.15) is 5.10 Å². The van der Waals surface area contributed by atoms with Crippen LogP contribution in [-0.2, 0) is 26.4 Å². The minimum atomic E-state index is 0.511. The molecular weight excluding hydrogens is 250 g/mol. The Hall–Kier alpha value is -1.81. The second-order valence-electron chi connectivity index (χ2n) is 5.45. The van der Waals surface area contributed by atoms with E-state index in [-0.39, 0.29) is 0 Å². The second kappa shape index (κ2) is 5.29. The lowest BCUT2D eigenvalue weighted by Gasteiger charge is -2.12. The van der Waals surface area contributed by atoms with Crippen molar-refractivity contribution in [2.45, 2.75) is 32.4 Å². The predicted molar refractivity (Wildman–Crippen MR) is 79.0 cm³/mol. The van der Waals surface area contributed by atoms with E-state index in [4.69, 9.17) is 4.74 Å². The zero-order valence-corrected chi connectivity index (χ0v) is 12.3. The van der Waals surface area contributed by atoms with Crippen LogP contribution in [0.1, 0.15) is 22.4 Å². The van der Waals surface area contributed by atoms with E-state index < -0.39 is 0 Å². The molecule has 0 spiro atoms. The summed E-state index contributed by atoms with van der Waals surface area (Å²) in [4.78, 5) is 0. The molecule has 0 radical (unpaired) electrons. The number of nitrogens with one attached hydrogen (secondary N) is 1. The zero-order chi connectivity index (χ0) is 14.1. The van der Waals surface area contributed by atoms with Crippen molar-refractivity contribution in [1.82, 2.24) is 15.1 Å². The molecule has 0 amide bonds. The van der Waals surface area contributed by atoms with Gasteiger partial charge in [-0.15, -0.1) is 0 Å². The molecule has 0 bridgehead atoms. The summed E-state index contributed by atoms with van der Waals surface area (Å²) in [5.41, 5.74) is 5.14. The van der Waals surface area contributed by atoms with Crippen molar-refractivity contribution in [2.24, 2.45) is 7.05 Å². The zero-order valence-electron chi connectivity index (χ0n) is 12.3. The first kappa shape index (κ1) is 13.2. The van der Waals surface area contributed by atoms with Crippen molar-refractivity contribution >= 4 is 0 Å². The maximum absolute atomic E-state index is 5.43. The Morgan fingerprint density at radius 3 is 2.55 bits per heavy atom. The van der Waals surface area contributed by atoms with Crippen molar-refractivity contribution in [2.75, 3.05) is 7.11 Å². The van der Waals surface area contributed by atoms with Gasteiger partial charge in [-0.1, -0.05) is 24.3 Å². The highest BCUT2D eigenvalue weighted by atomic mass is 16.5. The summed E-state index contributed by atoms with van der Waals surface area (Å²) in [5.74, 6) is 0.852. The Morgan fingerprint density at radius 1 is 1.30 bits per heavy atom. The van der Waals surface area contributed by atoms with Gasteiger partial charge in [-0.05, 0) is 30.9 Å². The third-order valence-electron chi connectivity index (χ3n) is 4.10. The average Bonchev–Trinajstić information content (AvgIpc) is 2.96. The number of hydrogen-bond donors (Lipinski definition) is 1. The Kier molecular flexibility index (Phi) is 3.49. The number of aryl methyl sites for hydroxylation is 2. The van der Waals surface area contributed by atoms with E-state index in [1.54, 1.807) is 11.8 Å². The van der Waals surface area contributed by atoms with Gasteiger partial charge >= 0.3 is 0 Å². The molecule has 0 fully saturated rings. The van der Waals surface area contributed by atoms with E-state index in [2.05, 4.69) is 34.7 Å². The number of methoxy groups -OCH3 is 1. The Bertz CT molecular complexity index is 593. The van der Waals surface area contributed by atoms with Gasteiger partial charge in [0.25, 0.3) is 0 Å². The Morgan fingerprint density at radius 2 is 1.95 bits per heavy atom. The number of ether oxygens (including phenoxy) is 1. The quantitative estimate of drug-likeness (QED) is 0.924. The summed E-state index contributed by atoms with van der Waals surface area (Å²) in [6.45, 7) is 2.84. The molecule has 1 aromatic heterocycles. The molecule has 4 nitrogen and oxygen atoms in total. The van der Waals surface area contributed by atoms with Gasteiger partial charge < -0.3 is 10.1 Å². The topological polar surface area (TPSA) is 39.1 Å². The molecule has 1 N–H and O–H groups in total. The maximum Gasteiger partial charge on any atom is 0.216 e. The molecule has 0 atom stereocenters. The molecule has 1 aliphatic carbocycles. The van der Waals surface area contributed by atoms with Crippen molar-refractivity contribution < 1.29 is 4.74 Å². The molecule has 2 aromatic rings. The number of fused-ring (bicyclic) bond motifs is 1. The van der Waals surface area contributed by atoms with Crippen LogP contribution in [0.3, 0.4) is 0 Å². The maximum atomic E-state index is 5.43. The Labute approximate surface area is 119 Å². The molecule has 1 aromatic carbocycles. The van der Waals surface area contributed by atoms with Crippen LogP contribution < -0.4 is 10.1 Å². The van der Waals surface area contributed by atoms with Crippen LogP contribution in [0.4, 0.5) is 0 Å². The van der Waals surface area contributed by atoms with Crippen molar-refractivity contribution in [1.29, 1.82) is 0 Å². The summed E-state index contributed by atoms with van der Waals surface area (Å²) in [5, 5.41) is 8.06. The lowest BCUT2D eigenvalue weighted by molar-refractivity contribution is 0.366. The first-order valence-electron chi connectivity index (χ1n) is 7.05. The third-order valence-corrected chi connectivity index (χ3v) is 4.10. The first-order valence-corrected chi connectivity index (χ1v) is 7.05. The van der Waals surface area contributed by atoms with E-state index in [1.165, 1.54) is 11.1 Å². The largest absolute Gasteiger partial charge is 0.481 e. The van der Waals surface area contributed by atoms with E-state index >= 15 is 0 Å². The SMILES string of the molecule is COc1c(CNC2Cc3ccccc3C2)c(C)nn1C. The van der Waals surface area contributed by atoms with Crippen LogP contribution in [0, 0.1) is 6.92 Å². The normalized spacial score (nSPS) is 14.6. The number of hydrogen-bond acceptors (Lipinski definition) is 3. The van der Waals surface area contributed by atoms with Crippen LogP contribution in [0.5, 0.6) is 5.88 Å². The molecule has 3 rings (SSSR count). The van der Waals surface area contributed by atoms with Crippen molar-refractivity contribution in [3.8, 4) is 5.88 Å². The lowest BCUT2D eigenvalue weighted by Crippen LogP contribution is -2.29. The van der Waals surface area contributed by atoms with Gasteiger partial charge in [-0.3, -0.25) is 0 Å². The van der Waals surface area contributed by atoms with Gasteiger partial charge in [-0.25, -0.2) is 4.68 Å². The van der Waals surface area contributed by atoms with E-state index in [1.807, 2.05) is 14.0 Å². The van der Waals surface area contributed by atoms with Crippen molar-refractivity contribution in [3.63, 3.8) is 0 Å². The number of benzene rings is 1. The highest BCUT2D eigenvalue weighted by molar-refractivity contribution is 5.34. The molecule has 20 heavy (non-hydrogen) atoms. The van der Waals surface area contributed by atoms with Gasteiger partial charge in [0.15, 0.2) is 0 Å². The Balaban J connectivity index is 1.67. The second-order valence-corrected chi connectivity index (χ2v) is 5.45. The standard InChI is InChI=1S/C16H21N3O/c1-11-15(16(20-3)19(2)18-11)10-17-14-8-12-6-4-5-7-13(12)9-14/h4-7,14,17H,8-10H2,1-3H3. The molecule has 0 saturated carbocycles. The highest BCUT2D eigenvalue weighted by Gasteiger charge is 2.22. The van der Waals surface area contributed by atoms with Crippen LogP contribution in [-0.4, -0.2) is 22.9 Å². The van der Waals surface area contributed by atoms with Crippen LogP contribution >= 0.6 is 0 Å². The van der Waals surface area contributed by atoms with Gasteiger partial charge in [0.05, 0.1) is 18.4 Å². The molecule has 4 heteroatoms. The minimum absolute atomic E-state index is 0.511. The molecule has 0 saturated heterocycles. The molecule has 0 aliphatic heterocycles. The number of aromatic nitrogens is 2. The van der Waals surface area contributed by atoms with Crippen molar-refractivity contribution in [3.05, 3.63) is 46.6 Å². The van der Waals surface area contributed by atoms with Gasteiger partial charge in [0.2, 0.25) is 5.88 Å². The molecule has 106 valence electrons. The molecule has 1 aliphatic rings. The molecule has 0 unspecified atom stereocenters. The fourth-order valence-corrected chi connectivity index (χ4v) is 3.09.